The highest BCUT2D eigenvalue weighted by molar-refractivity contribution is 6.14. The van der Waals surface area contributed by atoms with Gasteiger partial charge in [0.25, 0.3) is 0 Å². The minimum atomic E-state index is 0.117. The summed E-state index contributed by atoms with van der Waals surface area (Å²) < 4.78 is 0. The van der Waals surface area contributed by atoms with Crippen LogP contribution in [0.15, 0.2) is 54.6 Å². The van der Waals surface area contributed by atoms with Gasteiger partial charge in [-0.05, 0) is 11.6 Å². The molecule has 1 fully saturated rings. The monoisotopic (exact) mass is 404 g/mol. The van der Waals surface area contributed by atoms with Crippen molar-refractivity contribution in [3.63, 3.8) is 0 Å². The number of fused-ring (bicyclic) bond motifs is 1. The highest BCUT2D eigenvalue weighted by Crippen LogP contribution is 2.30. The zero-order valence-electron chi connectivity index (χ0n) is 17.6. The molecule has 1 N–H and O–H groups in total. The van der Waals surface area contributed by atoms with Gasteiger partial charge in [-0.3, -0.25) is 19.4 Å². The molecule has 0 aliphatic carbocycles. The number of H-pyrrole nitrogens is 1. The summed E-state index contributed by atoms with van der Waals surface area (Å²) in [5.41, 5.74) is 3.65. The number of aromatic nitrogens is 1. The summed E-state index contributed by atoms with van der Waals surface area (Å²) in [6.07, 6.45) is 0. The Bertz CT molecular complexity index is 1030. The van der Waals surface area contributed by atoms with E-state index in [4.69, 9.17) is 0 Å². The van der Waals surface area contributed by atoms with E-state index < -0.39 is 0 Å². The molecular weight excluding hydrogens is 376 g/mol. The smallest absolute Gasteiger partial charge is 0.236 e. The molecule has 156 valence electrons. The first-order chi connectivity index (χ1) is 14.5. The predicted molar refractivity (Wildman–Crippen MR) is 120 cm³/mol. The topological polar surface area (TPSA) is 59.7 Å². The van der Waals surface area contributed by atoms with Crippen molar-refractivity contribution in [2.45, 2.75) is 0 Å². The van der Waals surface area contributed by atoms with Gasteiger partial charge in [0.05, 0.1) is 24.3 Å². The van der Waals surface area contributed by atoms with Gasteiger partial charge in [-0.1, -0.05) is 48.5 Å². The zero-order chi connectivity index (χ0) is 21.1. The van der Waals surface area contributed by atoms with Crippen LogP contribution in [-0.2, 0) is 4.79 Å². The molecule has 0 atom stereocenters. The Morgan fingerprint density at radius 1 is 0.867 bits per heavy atom. The summed E-state index contributed by atoms with van der Waals surface area (Å²) in [5, 5.41) is 0.969. The Labute approximate surface area is 177 Å². The van der Waals surface area contributed by atoms with Crippen molar-refractivity contribution < 1.29 is 9.59 Å². The number of likely N-dealkylation sites (N-methyl/N-ethyl adjacent to an activating group) is 1. The van der Waals surface area contributed by atoms with Crippen LogP contribution in [0, 0.1) is 0 Å². The van der Waals surface area contributed by atoms with Gasteiger partial charge in [-0.25, -0.2) is 0 Å². The molecule has 2 aromatic carbocycles. The molecule has 0 radical (unpaired) electrons. The number of nitrogens with zero attached hydrogens (tertiary/aromatic N) is 3. The summed E-state index contributed by atoms with van der Waals surface area (Å²) in [6.45, 7) is 4.00. The Morgan fingerprint density at radius 3 is 2.13 bits per heavy atom. The highest BCUT2D eigenvalue weighted by Gasteiger charge is 2.24. The number of benzene rings is 2. The molecule has 2 heterocycles. The lowest BCUT2D eigenvalue weighted by atomic mass is 10.0. The first-order valence-corrected chi connectivity index (χ1v) is 10.4. The highest BCUT2D eigenvalue weighted by atomic mass is 16.2. The number of amides is 1. The van der Waals surface area contributed by atoms with E-state index in [-0.39, 0.29) is 11.7 Å². The van der Waals surface area contributed by atoms with E-state index in [1.165, 1.54) is 0 Å². The molecule has 0 saturated carbocycles. The third-order valence-corrected chi connectivity index (χ3v) is 5.74. The van der Waals surface area contributed by atoms with Gasteiger partial charge < -0.3 is 9.88 Å². The number of rotatable bonds is 6. The van der Waals surface area contributed by atoms with Gasteiger partial charge in [-0.2, -0.15) is 0 Å². The lowest BCUT2D eigenvalue weighted by molar-refractivity contribution is -0.130. The fourth-order valence-corrected chi connectivity index (χ4v) is 3.97. The SMILES string of the molecule is CN(C)C(=O)CN1CCN(CC(=O)c2c(-c3ccccc3)[nH]c3ccccc23)CC1. The average molecular weight is 405 g/mol. The molecule has 1 aromatic heterocycles. The van der Waals surface area contributed by atoms with Crippen molar-refractivity contribution in [3.8, 4) is 11.3 Å². The van der Waals surface area contributed by atoms with E-state index in [1.54, 1.807) is 19.0 Å². The fourth-order valence-electron chi connectivity index (χ4n) is 3.97. The summed E-state index contributed by atoms with van der Waals surface area (Å²) in [5.74, 6) is 0.245. The van der Waals surface area contributed by atoms with E-state index in [0.717, 1.165) is 53.9 Å². The predicted octanol–water partition coefficient (Wildman–Crippen LogP) is 2.72. The number of carbonyl (C=O) groups is 2. The quantitative estimate of drug-likeness (QED) is 0.642. The average Bonchev–Trinajstić information content (AvgIpc) is 3.15. The van der Waals surface area contributed by atoms with Crippen molar-refractivity contribution in [2.75, 3.05) is 53.4 Å². The molecule has 0 unspecified atom stereocenters. The maximum Gasteiger partial charge on any atom is 0.236 e. The molecule has 3 aromatic rings. The van der Waals surface area contributed by atoms with Gasteiger partial charge in [-0.15, -0.1) is 0 Å². The molecule has 0 bridgehead atoms. The minimum absolute atomic E-state index is 0.117. The van der Waals surface area contributed by atoms with Crippen molar-refractivity contribution in [1.82, 2.24) is 19.7 Å². The van der Waals surface area contributed by atoms with Gasteiger partial charge in [0.1, 0.15) is 0 Å². The van der Waals surface area contributed by atoms with Crippen LogP contribution in [0.2, 0.25) is 0 Å². The van der Waals surface area contributed by atoms with Gasteiger partial charge in [0.15, 0.2) is 5.78 Å². The molecule has 1 aliphatic rings. The van der Waals surface area contributed by atoms with Gasteiger partial charge in [0.2, 0.25) is 5.91 Å². The van der Waals surface area contributed by atoms with Crippen molar-refractivity contribution in [1.29, 1.82) is 0 Å². The van der Waals surface area contributed by atoms with Crippen LogP contribution >= 0.6 is 0 Å². The number of Topliss-reactive ketones (excluding diaryl/α,β-unsaturated/α-hetero) is 1. The Hall–Kier alpha value is -2.96. The second-order valence-electron chi connectivity index (χ2n) is 8.05. The molecule has 4 rings (SSSR count). The molecular formula is C24H28N4O2. The Morgan fingerprint density at radius 2 is 1.47 bits per heavy atom. The maximum absolute atomic E-state index is 13.4. The van der Waals surface area contributed by atoms with Crippen LogP contribution in [0.1, 0.15) is 10.4 Å². The molecule has 6 nitrogen and oxygen atoms in total. The van der Waals surface area contributed by atoms with E-state index in [0.29, 0.717) is 13.1 Å². The number of ketones is 1. The number of para-hydroxylation sites is 1. The van der Waals surface area contributed by atoms with E-state index in [1.807, 2.05) is 54.6 Å². The van der Waals surface area contributed by atoms with Crippen LogP contribution < -0.4 is 0 Å². The molecule has 0 spiro atoms. The van der Waals surface area contributed by atoms with Crippen molar-refractivity contribution in [3.05, 3.63) is 60.2 Å². The van der Waals surface area contributed by atoms with Gasteiger partial charge >= 0.3 is 0 Å². The number of nitrogens with one attached hydrogen (secondary N) is 1. The second kappa shape index (κ2) is 8.81. The van der Waals surface area contributed by atoms with Crippen LogP contribution in [0.3, 0.4) is 0 Å². The molecule has 1 saturated heterocycles. The number of hydrogen-bond donors (Lipinski definition) is 1. The Kier molecular flexibility index (Phi) is 5.97. The number of aromatic amines is 1. The van der Waals surface area contributed by atoms with Crippen molar-refractivity contribution >= 4 is 22.6 Å². The summed E-state index contributed by atoms with van der Waals surface area (Å²) in [4.78, 5) is 34.7. The van der Waals surface area contributed by atoms with E-state index in [9.17, 15) is 9.59 Å². The van der Waals surface area contributed by atoms with Crippen LogP contribution in [0.4, 0.5) is 0 Å². The normalized spacial score (nSPS) is 15.4. The third kappa shape index (κ3) is 4.30. The number of hydrogen-bond acceptors (Lipinski definition) is 4. The van der Waals surface area contributed by atoms with Crippen molar-refractivity contribution in [2.24, 2.45) is 0 Å². The largest absolute Gasteiger partial charge is 0.354 e. The number of carbonyl (C=O) groups excluding carboxylic acids is 2. The lowest BCUT2D eigenvalue weighted by Crippen LogP contribution is -2.50. The van der Waals surface area contributed by atoms with Gasteiger partial charge in [0, 0.05) is 51.2 Å². The number of piperazine rings is 1. The molecule has 1 aliphatic heterocycles. The second-order valence-corrected chi connectivity index (χ2v) is 8.05. The first kappa shape index (κ1) is 20.3. The third-order valence-electron chi connectivity index (χ3n) is 5.74. The summed E-state index contributed by atoms with van der Waals surface area (Å²) in [7, 11) is 3.56. The minimum Gasteiger partial charge on any atom is -0.354 e. The van der Waals surface area contributed by atoms with E-state index >= 15 is 0 Å². The summed E-state index contributed by atoms with van der Waals surface area (Å²) in [6, 6.07) is 18.0. The standard InChI is InChI=1S/C24H28N4O2/c1-26(2)22(30)17-28-14-12-27(13-15-28)16-21(29)23-19-10-6-7-11-20(19)25-24(23)18-8-4-3-5-9-18/h3-11,25H,12-17H2,1-2H3. The Balaban J connectivity index is 1.50. The summed E-state index contributed by atoms with van der Waals surface area (Å²) >= 11 is 0. The van der Waals surface area contributed by atoms with Crippen LogP contribution in [0.5, 0.6) is 0 Å². The lowest BCUT2D eigenvalue weighted by Gasteiger charge is -2.34. The zero-order valence-corrected chi connectivity index (χ0v) is 17.6. The molecule has 6 heteroatoms. The van der Waals surface area contributed by atoms with Crippen LogP contribution in [-0.4, -0.2) is 84.7 Å². The molecule has 30 heavy (non-hydrogen) atoms. The fraction of sp³-hybridized carbons (Fsp3) is 0.333. The van der Waals surface area contributed by atoms with E-state index in [2.05, 4.69) is 14.8 Å². The first-order valence-electron chi connectivity index (χ1n) is 10.4. The molecule has 1 amide bonds. The van der Waals surface area contributed by atoms with Crippen LogP contribution in [0.25, 0.3) is 22.2 Å². The maximum atomic E-state index is 13.4.